The van der Waals surface area contributed by atoms with Crippen molar-refractivity contribution in [2.75, 3.05) is 77.0 Å². The number of hydrogen-bond donors (Lipinski definition) is 12. The Morgan fingerprint density at radius 1 is 0.286 bits per heavy atom. The summed E-state index contributed by atoms with van der Waals surface area (Å²) in [5.41, 5.74) is 0. The van der Waals surface area contributed by atoms with Crippen LogP contribution in [0.5, 0.6) is 0 Å². The zero-order valence-corrected chi connectivity index (χ0v) is 27.6. The molecule has 0 aliphatic heterocycles. The van der Waals surface area contributed by atoms with E-state index in [4.69, 9.17) is 39.1 Å². The second kappa shape index (κ2) is 17.6. The SMILES string of the molecule is O=P(O)(O)CN(CCCN(CP(=O)(O)O)CP(=O)(O)O)CCN(CCCN(CP(=O)(O)O)CP(=O)(O)O)CP(=O)(O)O. The first kappa shape index (κ1) is 42.7. The fourth-order valence-electron chi connectivity index (χ4n) is 3.76. The first-order valence-corrected chi connectivity index (χ1v) is 22.5. The van der Waals surface area contributed by atoms with Gasteiger partial charge in [-0.1, -0.05) is 0 Å². The van der Waals surface area contributed by atoms with Crippen molar-refractivity contribution in [3.8, 4) is 0 Å². The topological polar surface area (TPSA) is 358 Å². The molecule has 42 heavy (non-hydrogen) atoms. The average Bonchev–Trinajstić information content (AvgIpc) is 2.64. The summed E-state index contributed by atoms with van der Waals surface area (Å²) in [5.74, 6) is 0. The Labute approximate surface area is 241 Å². The lowest BCUT2D eigenvalue weighted by molar-refractivity contribution is 0.198. The third-order valence-electron chi connectivity index (χ3n) is 4.94. The largest absolute Gasteiger partial charge is 0.339 e. The van der Waals surface area contributed by atoms with Crippen LogP contribution < -0.4 is 0 Å². The normalized spacial score (nSPS) is 14.6. The van der Waals surface area contributed by atoms with E-state index in [1.165, 1.54) is 0 Å². The van der Waals surface area contributed by atoms with E-state index in [-0.39, 0.29) is 52.1 Å². The van der Waals surface area contributed by atoms with Gasteiger partial charge in [0, 0.05) is 39.3 Å². The van der Waals surface area contributed by atoms with Gasteiger partial charge in [-0.25, -0.2) is 0 Å². The van der Waals surface area contributed by atoms with Crippen molar-refractivity contribution < 1.29 is 86.1 Å². The predicted molar refractivity (Wildman–Crippen MR) is 147 cm³/mol. The van der Waals surface area contributed by atoms with Gasteiger partial charge in [-0.15, -0.1) is 0 Å². The maximum absolute atomic E-state index is 11.6. The Bertz CT molecular complexity index is 974. The summed E-state index contributed by atoms with van der Waals surface area (Å²) in [4.78, 5) is 115. The van der Waals surface area contributed by atoms with Crippen LogP contribution in [0.4, 0.5) is 0 Å². The van der Waals surface area contributed by atoms with Crippen LogP contribution in [0.1, 0.15) is 12.8 Å². The number of rotatable bonds is 23. The molecule has 0 radical (unpaired) electrons. The molecule has 0 spiro atoms. The van der Waals surface area contributed by atoms with Gasteiger partial charge in [-0.05, 0) is 12.8 Å². The van der Waals surface area contributed by atoms with Crippen LogP contribution in [0.3, 0.4) is 0 Å². The standard InChI is InChI=1S/C14H40N4O18P6/c19-37(20,21)9-15(3-1-5-17(11-39(25,26)27)12-40(28,29)30)7-8-16(10-38(22,23)24)4-2-6-18(13-41(31,32)33)14-42(34,35)36/h1-14H2,(H2,19,20,21)(H2,22,23,24)(H2,25,26,27)(H2,28,29,30)(H2,31,32,33)(H2,34,35,36). The third kappa shape index (κ3) is 28.2. The van der Waals surface area contributed by atoms with Gasteiger partial charge in [0.2, 0.25) is 0 Å². The molecule has 0 bridgehead atoms. The van der Waals surface area contributed by atoms with Crippen molar-refractivity contribution in [1.29, 1.82) is 0 Å². The lowest BCUT2D eigenvalue weighted by Crippen LogP contribution is -2.39. The summed E-state index contributed by atoms with van der Waals surface area (Å²) in [6, 6.07) is 0. The van der Waals surface area contributed by atoms with Gasteiger partial charge in [0.1, 0.15) is 37.7 Å². The molecular formula is C14H40N4O18P6. The molecule has 0 saturated carbocycles. The lowest BCUT2D eigenvalue weighted by atomic mass is 10.3. The van der Waals surface area contributed by atoms with Crippen LogP contribution in [0.2, 0.25) is 0 Å². The fraction of sp³-hybridized carbons (Fsp3) is 1.00. The van der Waals surface area contributed by atoms with Crippen LogP contribution in [-0.4, -0.2) is 155 Å². The Hall–Kier alpha value is 0.740. The van der Waals surface area contributed by atoms with Gasteiger partial charge in [-0.2, -0.15) is 0 Å². The first-order chi connectivity index (χ1) is 18.5. The van der Waals surface area contributed by atoms with E-state index >= 15 is 0 Å². The molecule has 0 aliphatic carbocycles. The first-order valence-electron chi connectivity index (χ1n) is 11.7. The van der Waals surface area contributed by atoms with Crippen molar-refractivity contribution in [3.63, 3.8) is 0 Å². The maximum Gasteiger partial charge on any atom is 0.339 e. The summed E-state index contributed by atoms with van der Waals surface area (Å²) in [7, 11) is -28.3. The van der Waals surface area contributed by atoms with Crippen LogP contribution >= 0.6 is 45.6 Å². The highest BCUT2D eigenvalue weighted by Crippen LogP contribution is 2.42. The third-order valence-corrected chi connectivity index (χ3v) is 9.55. The molecule has 0 saturated heterocycles. The molecule has 28 heteroatoms. The molecule has 0 atom stereocenters. The van der Waals surface area contributed by atoms with E-state index < -0.39 is 83.3 Å². The van der Waals surface area contributed by atoms with Crippen molar-refractivity contribution in [2.45, 2.75) is 12.8 Å². The quantitative estimate of drug-likeness (QED) is 0.0494. The fourth-order valence-corrected chi connectivity index (χ4v) is 8.73. The Morgan fingerprint density at radius 3 is 0.643 bits per heavy atom. The van der Waals surface area contributed by atoms with E-state index in [0.29, 0.717) is 0 Å². The Kier molecular flexibility index (Phi) is 17.9. The molecule has 0 aromatic heterocycles. The molecule has 0 unspecified atom stereocenters. The zero-order chi connectivity index (χ0) is 33.2. The highest BCUT2D eigenvalue weighted by molar-refractivity contribution is 7.53. The summed E-state index contributed by atoms with van der Waals surface area (Å²) in [6.07, 6.45) is -5.82. The predicted octanol–water partition coefficient (Wildman–Crippen LogP) is -2.21. The van der Waals surface area contributed by atoms with Gasteiger partial charge < -0.3 is 58.7 Å². The molecular weight excluding hydrogens is 698 g/mol. The molecule has 22 nitrogen and oxygen atoms in total. The molecule has 254 valence electrons. The average molecular weight is 738 g/mol. The minimum Gasteiger partial charge on any atom is -0.324 e. The summed E-state index contributed by atoms with van der Waals surface area (Å²) < 4.78 is 68.5. The lowest BCUT2D eigenvalue weighted by Gasteiger charge is -2.30. The van der Waals surface area contributed by atoms with Gasteiger partial charge >= 0.3 is 45.6 Å². The van der Waals surface area contributed by atoms with Gasteiger partial charge in [0.15, 0.2) is 0 Å². The molecule has 12 N–H and O–H groups in total. The van der Waals surface area contributed by atoms with Crippen molar-refractivity contribution in [1.82, 2.24) is 19.6 Å². The van der Waals surface area contributed by atoms with Gasteiger partial charge in [0.05, 0.1) is 0 Å². The van der Waals surface area contributed by atoms with Crippen LogP contribution in [0.25, 0.3) is 0 Å². The number of hydrogen-bond acceptors (Lipinski definition) is 10. The smallest absolute Gasteiger partial charge is 0.324 e. The van der Waals surface area contributed by atoms with Crippen LogP contribution in [-0.2, 0) is 27.4 Å². The summed E-state index contributed by atoms with van der Waals surface area (Å²) in [5, 5.41) is 0. The van der Waals surface area contributed by atoms with Gasteiger partial charge in [-0.3, -0.25) is 47.0 Å². The van der Waals surface area contributed by atoms with Gasteiger partial charge in [0.25, 0.3) is 0 Å². The molecule has 0 amide bonds. The Balaban J connectivity index is 5.47. The monoisotopic (exact) mass is 738 g/mol. The van der Waals surface area contributed by atoms with Crippen LogP contribution in [0, 0.1) is 0 Å². The van der Waals surface area contributed by atoms with Crippen LogP contribution in [0.15, 0.2) is 0 Å². The van der Waals surface area contributed by atoms with E-state index in [9.17, 15) is 47.0 Å². The van der Waals surface area contributed by atoms with Crippen molar-refractivity contribution >= 4 is 45.6 Å². The van der Waals surface area contributed by atoms with Crippen molar-refractivity contribution in [3.05, 3.63) is 0 Å². The summed E-state index contributed by atoms with van der Waals surface area (Å²) in [6.45, 7) is -1.39. The molecule has 0 aromatic rings. The second-order valence-electron chi connectivity index (χ2n) is 9.57. The molecule has 0 rings (SSSR count). The van der Waals surface area contributed by atoms with E-state index in [1.54, 1.807) is 0 Å². The van der Waals surface area contributed by atoms with Crippen molar-refractivity contribution in [2.24, 2.45) is 0 Å². The van der Waals surface area contributed by atoms with E-state index in [1.807, 2.05) is 0 Å². The second-order valence-corrected chi connectivity index (χ2v) is 19.2. The number of nitrogens with zero attached hydrogens (tertiary/aromatic N) is 4. The highest BCUT2D eigenvalue weighted by Gasteiger charge is 2.28. The minimum atomic E-state index is -4.72. The highest BCUT2D eigenvalue weighted by atomic mass is 31.2. The van der Waals surface area contributed by atoms with E-state index in [0.717, 1.165) is 19.6 Å². The molecule has 0 fully saturated rings. The summed E-state index contributed by atoms with van der Waals surface area (Å²) >= 11 is 0. The molecule has 0 aliphatic rings. The Morgan fingerprint density at radius 2 is 0.452 bits per heavy atom. The molecule has 0 heterocycles. The molecule has 0 aromatic carbocycles. The zero-order valence-electron chi connectivity index (χ0n) is 22.2. The maximum atomic E-state index is 11.6. The van der Waals surface area contributed by atoms with E-state index in [2.05, 4.69) is 0 Å². The minimum absolute atomic E-state index is 0.0851.